The predicted molar refractivity (Wildman–Crippen MR) is 117 cm³/mol. The number of rotatable bonds is 6. The standard InChI is InChI=1S/C21H12Cl2F3N3O3S/c22-14-1-7-17(8-2-14)33(30,31)18(10-27)12-28-15-3-5-16(6-4-15)32-20-19(23)9-13(11-29-20)21(24,25)26/h1-9,11-12,28H. The molecule has 2 aromatic carbocycles. The second-order valence-electron chi connectivity index (χ2n) is 6.36. The number of pyridine rings is 1. The number of aromatic nitrogens is 1. The zero-order valence-corrected chi connectivity index (χ0v) is 18.6. The lowest BCUT2D eigenvalue weighted by molar-refractivity contribution is -0.137. The van der Waals surface area contributed by atoms with Crippen LogP contribution in [0.1, 0.15) is 5.56 Å². The summed E-state index contributed by atoms with van der Waals surface area (Å²) >= 11 is 11.6. The summed E-state index contributed by atoms with van der Waals surface area (Å²) < 4.78 is 68.7. The quantitative estimate of drug-likeness (QED) is 0.380. The topological polar surface area (TPSA) is 92.1 Å². The van der Waals surface area contributed by atoms with Crippen LogP contribution in [0.2, 0.25) is 10.0 Å². The SMILES string of the molecule is N#CC(=CNc1ccc(Oc2ncc(C(F)(F)F)cc2Cl)cc1)S(=O)(=O)c1ccc(Cl)cc1. The van der Waals surface area contributed by atoms with Crippen molar-refractivity contribution in [1.29, 1.82) is 5.26 Å². The number of nitrogens with zero attached hydrogens (tertiary/aromatic N) is 2. The highest BCUT2D eigenvalue weighted by atomic mass is 35.5. The highest BCUT2D eigenvalue weighted by molar-refractivity contribution is 7.95. The van der Waals surface area contributed by atoms with Crippen LogP contribution in [-0.2, 0) is 16.0 Å². The van der Waals surface area contributed by atoms with E-state index < -0.39 is 26.5 Å². The molecule has 3 aromatic rings. The van der Waals surface area contributed by atoms with Crippen LogP contribution >= 0.6 is 23.2 Å². The minimum atomic E-state index is -4.58. The number of anilines is 1. The first-order chi connectivity index (χ1) is 15.5. The second kappa shape index (κ2) is 9.70. The molecule has 170 valence electrons. The number of nitriles is 1. The third-order valence-electron chi connectivity index (χ3n) is 4.10. The molecule has 0 unspecified atom stereocenters. The fraction of sp³-hybridized carbons (Fsp3) is 0.0476. The molecule has 0 aliphatic rings. The van der Waals surface area contributed by atoms with Crippen LogP contribution in [0.4, 0.5) is 18.9 Å². The van der Waals surface area contributed by atoms with E-state index in [2.05, 4.69) is 10.3 Å². The van der Waals surface area contributed by atoms with E-state index in [-0.39, 0.29) is 21.5 Å². The van der Waals surface area contributed by atoms with Gasteiger partial charge in [-0.1, -0.05) is 23.2 Å². The molecule has 0 aliphatic heterocycles. The van der Waals surface area contributed by atoms with Gasteiger partial charge < -0.3 is 10.1 Å². The van der Waals surface area contributed by atoms with Crippen LogP contribution in [-0.4, -0.2) is 13.4 Å². The zero-order chi connectivity index (χ0) is 24.2. The Hall–Kier alpha value is -3.26. The zero-order valence-electron chi connectivity index (χ0n) is 16.3. The number of benzene rings is 2. The summed E-state index contributed by atoms with van der Waals surface area (Å²) in [6.07, 6.45) is -2.94. The van der Waals surface area contributed by atoms with E-state index in [4.69, 9.17) is 27.9 Å². The first-order valence-electron chi connectivity index (χ1n) is 8.89. The van der Waals surface area contributed by atoms with Gasteiger partial charge in [-0.2, -0.15) is 18.4 Å². The molecule has 33 heavy (non-hydrogen) atoms. The van der Waals surface area contributed by atoms with Gasteiger partial charge >= 0.3 is 6.18 Å². The van der Waals surface area contributed by atoms with E-state index in [0.717, 1.165) is 6.20 Å². The first kappa shape index (κ1) is 24.4. The molecule has 0 saturated carbocycles. The van der Waals surface area contributed by atoms with Crippen LogP contribution in [0, 0.1) is 11.3 Å². The number of halogens is 5. The fourth-order valence-corrected chi connectivity index (χ4v) is 3.86. The molecule has 6 nitrogen and oxygen atoms in total. The van der Waals surface area contributed by atoms with Crippen molar-refractivity contribution < 1.29 is 26.3 Å². The van der Waals surface area contributed by atoms with Crippen LogP contribution in [0.25, 0.3) is 0 Å². The largest absolute Gasteiger partial charge is 0.438 e. The molecule has 1 aromatic heterocycles. The van der Waals surface area contributed by atoms with E-state index in [1.807, 2.05) is 0 Å². The smallest absolute Gasteiger partial charge is 0.417 e. The lowest BCUT2D eigenvalue weighted by Crippen LogP contribution is -2.06. The van der Waals surface area contributed by atoms with Crippen molar-refractivity contribution in [1.82, 2.24) is 4.98 Å². The van der Waals surface area contributed by atoms with Crippen LogP contribution in [0.15, 0.2) is 76.8 Å². The third-order valence-corrected chi connectivity index (χ3v) is 6.30. The van der Waals surface area contributed by atoms with Gasteiger partial charge in [0.2, 0.25) is 15.7 Å². The van der Waals surface area contributed by atoms with Gasteiger partial charge in [0.15, 0.2) is 4.91 Å². The number of hydrogen-bond donors (Lipinski definition) is 1. The summed E-state index contributed by atoms with van der Waals surface area (Å²) in [7, 11) is -4.05. The number of ether oxygens (including phenoxy) is 1. The number of hydrogen-bond acceptors (Lipinski definition) is 6. The molecular weight excluding hydrogens is 502 g/mol. The van der Waals surface area contributed by atoms with Gasteiger partial charge in [0.1, 0.15) is 16.8 Å². The normalized spacial score (nSPS) is 12.2. The Bertz CT molecular complexity index is 1340. The molecule has 3 rings (SSSR count). The third kappa shape index (κ3) is 5.96. The number of allylic oxidation sites excluding steroid dienone is 1. The average molecular weight is 514 g/mol. The summed E-state index contributed by atoms with van der Waals surface area (Å²) in [5, 5.41) is 12.0. The molecule has 0 amide bonds. The highest BCUT2D eigenvalue weighted by Crippen LogP contribution is 2.34. The Morgan fingerprint density at radius 2 is 1.73 bits per heavy atom. The molecule has 1 heterocycles. The minimum Gasteiger partial charge on any atom is -0.438 e. The first-order valence-corrected chi connectivity index (χ1v) is 11.1. The van der Waals surface area contributed by atoms with Crippen molar-refractivity contribution in [3.8, 4) is 17.7 Å². The Morgan fingerprint density at radius 3 is 2.27 bits per heavy atom. The van der Waals surface area contributed by atoms with Gasteiger partial charge in [0.25, 0.3) is 0 Å². The van der Waals surface area contributed by atoms with Crippen molar-refractivity contribution in [3.05, 3.63) is 87.5 Å². The van der Waals surface area contributed by atoms with E-state index in [0.29, 0.717) is 23.0 Å². The maximum absolute atomic E-state index is 12.7. The van der Waals surface area contributed by atoms with E-state index in [1.54, 1.807) is 6.07 Å². The molecule has 0 bridgehead atoms. The van der Waals surface area contributed by atoms with Gasteiger partial charge in [-0.3, -0.25) is 0 Å². The summed E-state index contributed by atoms with van der Waals surface area (Å²) in [6, 6.07) is 13.6. The molecule has 0 aliphatic carbocycles. The van der Waals surface area contributed by atoms with Crippen LogP contribution in [0.5, 0.6) is 11.6 Å². The van der Waals surface area contributed by atoms with Gasteiger partial charge in [-0.15, -0.1) is 0 Å². The lowest BCUT2D eigenvalue weighted by Gasteiger charge is -2.10. The molecule has 0 spiro atoms. The number of nitrogens with one attached hydrogen (secondary N) is 1. The highest BCUT2D eigenvalue weighted by Gasteiger charge is 2.31. The van der Waals surface area contributed by atoms with Gasteiger partial charge in [-0.05, 0) is 54.6 Å². The molecule has 0 saturated heterocycles. The average Bonchev–Trinajstić information content (AvgIpc) is 2.76. The fourth-order valence-electron chi connectivity index (χ4n) is 2.45. The Balaban J connectivity index is 1.73. The minimum absolute atomic E-state index is 0.0915. The predicted octanol–water partition coefficient (Wildman–Crippen LogP) is 6.45. The maximum Gasteiger partial charge on any atom is 0.417 e. The summed E-state index contributed by atoms with van der Waals surface area (Å²) in [5.74, 6) is -0.000855. The van der Waals surface area contributed by atoms with Crippen molar-refractivity contribution in [2.75, 3.05) is 5.32 Å². The Kier molecular flexibility index (Phi) is 7.17. The van der Waals surface area contributed by atoms with Gasteiger partial charge in [0, 0.05) is 23.1 Å². The summed E-state index contributed by atoms with van der Waals surface area (Å²) in [6.45, 7) is 0. The maximum atomic E-state index is 12.7. The van der Waals surface area contributed by atoms with Crippen molar-refractivity contribution in [2.24, 2.45) is 0 Å². The number of alkyl halides is 3. The number of sulfone groups is 1. The van der Waals surface area contributed by atoms with Crippen molar-refractivity contribution in [2.45, 2.75) is 11.1 Å². The van der Waals surface area contributed by atoms with Crippen LogP contribution < -0.4 is 10.1 Å². The van der Waals surface area contributed by atoms with E-state index in [1.165, 1.54) is 48.5 Å². The van der Waals surface area contributed by atoms with E-state index >= 15 is 0 Å². The molecule has 0 atom stereocenters. The van der Waals surface area contributed by atoms with E-state index in [9.17, 15) is 26.9 Å². The molecular formula is C21H12Cl2F3N3O3S. The molecule has 0 fully saturated rings. The van der Waals surface area contributed by atoms with Crippen LogP contribution in [0.3, 0.4) is 0 Å². The van der Waals surface area contributed by atoms with Gasteiger partial charge in [-0.25, -0.2) is 13.4 Å². The van der Waals surface area contributed by atoms with Crippen molar-refractivity contribution in [3.63, 3.8) is 0 Å². The summed E-state index contributed by atoms with van der Waals surface area (Å²) in [4.78, 5) is 2.97. The van der Waals surface area contributed by atoms with Crippen molar-refractivity contribution >= 4 is 38.7 Å². The molecule has 1 N–H and O–H groups in total. The van der Waals surface area contributed by atoms with Gasteiger partial charge in [0.05, 0.1) is 10.5 Å². The monoisotopic (exact) mass is 513 g/mol. The summed E-state index contributed by atoms with van der Waals surface area (Å²) in [5.41, 5.74) is -0.596. The lowest BCUT2D eigenvalue weighted by atomic mass is 10.3. The molecule has 0 radical (unpaired) electrons. The Labute approximate surface area is 196 Å². The Morgan fingerprint density at radius 1 is 1.09 bits per heavy atom. The second-order valence-corrected chi connectivity index (χ2v) is 9.12. The molecule has 12 heteroatoms.